The smallest absolute Gasteiger partial charge is 0.359 e. The normalized spacial score (nSPS) is 16.0. The van der Waals surface area contributed by atoms with E-state index >= 15 is 0 Å². The van der Waals surface area contributed by atoms with E-state index in [0.717, 1.165) is 36.5 Å². The molecule has 174 valence electrons. The monoisotopic (exact) mass is 471 g/mol. The third-order valence-electron chi connectivity index (χ3n) is 5.08. The number of nitrogens with one attached hydrogen (secondary N) is 2. The zero-order valence-corrected chi connectivity index (χ0v) is 19.2. The number of aromatic amines is 1. The van der Waals surface area contributed by atoms with Crippen LogP contribution >= 0.6 is 11.8 Å². The summed E-state index contributed by atoms with van der Waals surface area (Å²) in [6.45, 7) is 4.33. The molecule has 1 aromatic carbocycles. The predicted octanol–water partition coefficient (Wildman–Crippen LogP) is 3.03. The first-order valence-corrected chi connectivity index (χ1v) is 11.7. The van der Waals surface area contributed by atoms with Crippen molar-refractivity contribution in [3.8, 4) is 0 Å². The number of thioether (sulfide) groups is 1. The highest BCUT2D eigenvalue weighted by Crippen LogP contribution is 2.30. The second kappa shape index (κ2) is 10.2. The lowest BCUT2D eigenvalue weighted by Crippen LogP contribution is -2.19. The number of anilines is 1. The van der Waals surface area contributed by atoms with Crippen LogP contribution in [0.1, 0.15) is 48.6 Å². The molecule has 1 unspecified atom stereocenters. The highest BCUT2D eigenvalue weighted by atomic mass is 32.2. The van der Waals surface area contributed by atoms with E-state index in [1.54, 1.807) is 30.7 Å². The summed E-state index contributed by atoms with van der Waals surface area (Å²) in [5.41, 5.74) is 1.76. The summed E-state index contributed by atoms with van der Waals surface area (Å²) in [6.07, 6.45) is 2.59. The van der Waals surface area contributed by atoms with Crippen LogP contribution in [-0.2, 0) is 14.3 Å². The van der Waals surface area contributed by atoms with Crippen LogP contribution in [0.25, 0.3) is 10.9 Å². The minimum absolute atomic E-state index is 0.0599. The number of hydrogen-bond acceptors (Lipinski definition) is 8. The average Bonchev–Trinajstić information content (AvgIpc) is 3.17. The van der Waals surface area contributed by atoms with Gasteiger partial charge >= 0.3 is 5.97 Å². The molecule has 4 rings (SSSR count). The first-order chi connectivity index (χ1) is 15.9. The maximum Gasteiger partial charge on any atom is 0.359 e. The third kappa shape index (κ3) is 5.42. The Hall–Kier alpha value is -3.18. The van der Waals surface area contributed by atoms with Gasteiger partial charge in [-0.15, -0.1) is 0 Å². The number of esters is 1. The Bertz CT molecular complexity index is 1230. The molecule has 0 saturated carbocycles. The highest BCUT2D eigenvalue weighted by Gasteiger charge is 2.24. The Kier molecular flexibility index (Phi) is 7.09. The van der Waals surface area contributed by atoms with Crippen molar-refractivity contribution in [1.82, 2.24) is 19.7 Å². The van der Waals surface area contributed by atoms with E-state index < -0.39 is 5.97 Å². The highest BCUT2D eigenvalue weighted by molar-refractivity contribution is 7.99. The van der Waals surface area contributed by atoms with Crippen LogP contribution in [0.4, 0.5) is 5.69 Å². The number of ether oxygens (including phenoxy) is 2. The summed E-state index contributed by atoms with van der Waals surface area (Å²) in [5.74, 6) is -0.737. The van der Waals surface area contributed by atoms with Gasteiger partial charge in [-0.3, -0.25) is 9.59 Å². The number of aromatic nitrogens is 4. The number of carbonyl (C=O) groups is 2. The lowest BCUT2D eigenvalue weighted by atomic mass is 10.1. The number of H-pyrrole nitrogens is 1. The van der Waals surface area contributed by atoms with Crippen LogP contribution in [0.2, 0.25) is 0 Å². The standard InChI is InChI=1S/C22H25N5O5S/c1-3-31-21(30)20-15-11-14(7-8-16(15)27(26-20)19-6-4-5-9-32-19)24-18(29)12-33-22-23-13(2)10-17(28)25-22/h7-8,10-11,19H,3-6,9,12H2,1-2H3,(H,24,29)(H,23,25,28). The molecule has 1 aliphatic rings. The lowest BCUT2D eigenvalue weighted by Gasteiger charge is -2.23. The molecule has 0 bridgehead atoms. The fourth-order valence-electron chi connectivity index (χ4n) is 3.66. The maximum atomic E-state index is 12.5. The van der Waals surface area contributed by atoms with Gasteiger partial charge in [0.05, 0.1) is 17.9 Å². The number of carbonyl (C=O) groups excluding carboxylic acids is 2. The van der Waals surface area contributed by atoms with Gasteiger partial charge in [0.15, 0.2) is 17.1 Å². The molecule has 11 heteroatoms. The molecule has 1 amide bonds. The SMILES string of the molecule is CCOC(=O)c1nn(C2CCCCO2)c2ccc(NC(=O)CSc3nc(C)cc(=O)[nH]3)cc12. The van der Waals surface area contributed by atoms with Gasteiger partial charge < -0.3 is 19.8 Å². The van der Waals surface area contributed by atoms with E-state index in [1.807, 2.05) is 6.07 Å². The second-order valence-electron chi connectivity index (χ2n) is 7.60. The quantitative estimate of drug-likeness (QED) is 0.306. The van der Waals surface area contributed by atoms with E-state index in [0.29, 0.717) is 28.5 Å². The van der Waals surface area contributed by atoms with Crippen molar-refractivity contribution < 1.29 is 19.1 Å². The van der Waals surface area contributed by atoms with E-state index in [4.69, 9.17) is 9.47 Å². The van der Waals surface area contributed by atoms with Crippen molar-refractivity contribution in [3.05, 3.63) is 46.0 Å². The molecular weight excluding hydrogens is 446 g/mol. The molecule has 33 heavy (non-hydrogen) atoms. The van der Waals surface area contributed by atoms with Crippen LogP contribution < -0.4 is 10.9 Å². The largest absolute Gasteiger partial charge is 0.461 e. The number of fused-ring (bicyclic) bond motifs is 1. The molecular formula is C22H25N5O5S. The topological polar surface area (TPSA) is 128 Å². The van der Waals surface area contributed by atoms with E-state index in [9.17, 15) is 14.4 Å². The molecule has 1 saturated heterocycles. The molecule has 1 aliphatic heterocycles. The summed E-state index contributed by atoms with van der Waals surface area (Å²) in [5, 5.41) is 8.28. The van der Waals surface area contributed by atoms with Gasteiger partial charge in [-0.25, -0.2) is 14.5 Å². The molecule has 0 radical (unpaired) electrons. The first-order valence-electron chi connectivity index (χ1n) is 10.8. The third-order valence-corrected chi connectivity index (χ3v) is 5.95. The molecule has 10 nitrogen and oxygen atoms in total. The van der Waals surface area contributed by atoms with Crippen LogP contribution in [0.15, 0.2) is 34.2 Å². The Morgan fingerprint density at radius 2 is 2.18 bits per heavy atom. The van der Waals surface area contributed by atoms with E-state index in [-0.39, 0.29) is 35.7 Å². The van der Waals surface area contributed by atoms with E-state index in [2.05, 4.69) is 20.4 Å². The van der Waals surface area contributed by atoms with Crippen LogP contribution in [0, 0.1) is 6.92 Å². The molecule has 3 aromatic rings. The Balaban J connectivity index is 1.55. The number of amides is 1. The van der Waals surface area contributed by atoms with Gasteiger partial charge in [-0.05, 0) is 51.3 Å². The summed E-state index contributed by atoms with van der Waals surface area (Å²) in [4.78, 5) is 43.4. The summed E-state index contributed by atoms with van der Waals surface area (Å²) < 4.78 is 12.8. The van der Waals surface area contributed by atoms with Gasteiger partial charge in [-0.2, -0.15) is 5.10 Å². The van der Waals surface area contributed by atoms with E-state index in [1.165, 1.54) is 6.07 Å². The van der Waals surface area contributed by atoms with Crippen LogP contribution in [0.3, 0.4) is 0 Å². The second-order valence-corrected chi connectivity index (χ2v) is 8.56. The summed E-state index contributed by atoms with van der Waals surface area (Å²) in [6, 6.07) is 6.67. The van der Waals surface area contributed by atoms with Crippen LogP contribution in [-0.4, -0.2) is 50.6 Å². The molecule has 1 fully saturated rings. The fraction of sp³-hybridized carbons (Fsp3) is 0.409. The molecule has 2 N–H and O–H groups in total. The predicted molar refractivity (Wildman–Crippen MR) is 123 cm³/mol. The number of nitrogens with zero attached hydrogens (tertiary/aromatic N) is 3. The zero-order chi connectivity index (χ0) is 23.4. The molecule has 2 aromatic heterocycles. The Morgan fingerprint density at radius 1 is 1.33 bits per heavy atom. The van der Waals surface area contributed by atoms with Crippen LogP contribution in [0.5, 0.6) is 0 Å². The summed E-state index contributed by atoms with van der Waals surface area (Å²) >= 11 is 1.13. The van der Waals surface area contributed by atoms with Crippen molar-refractivity contribution in [1.29, 1.82) is 0 Å². The zero-order valence-electron chi connectivity index (χ0n) is 18.4. The lowest BCUT2D eigenvalue weighted by molar-refractivity contribution is -0.113. The van der Waals surface area contributed by atoms with Gasteiger partial charge in [0.1, 0.15) is 0 Å². The van der Waals surface area contributed by atoms with Gasteiger partial charge in [-0.1, -0.05) is 11.8 Å². The average molecular weight is 472 g/mol. The number of benzene rings is 1. The Labute approximate surface area is 194 Å². The molecule has 0 spiro atoms. The molecule has 0 aliphatic carbocycles. The molecule has 3 heterocycles. The minimum Gasteiger partial charge on any atom is -0.461 e. The Morgan fingerprint density at radius 3 is 2.91 bits per heavy atom. The number of hydrogen-bond donors (Lipinski definition) is 2. The van der Waals surface area contributed by atoms with Gasteiger partial charge in [0.2, 0.25) is 5.91 Å². The van der Waals surface area contributed by atoms with Gasteiger partial charge in [0.25, 0.3) is 5.56 Å². The number of rotatable bonds is 7. The maximum absolute atomic E-state index is 12.5. The van der Waals surface area contributed by atoms with Gasteiger partial charge in [0, 0.05) is 29.4 Å². The molecule has 1 atom stereocenters. The fourth-order valence-corrected chi connectivity index (χ4v) is 4.38. The van der Waals surface area contributed by atoms with Crippen molar-refractivity contribution in [2.45, 2.75) is 44.5 Å². The summed E-state index contributed by atoms with van der Waals surface area (Å²) in [7, 11) is 0. The van der Waals surface area contributed by atoms with Crippen molar-refractivity contribution in [2.75, 3.05) is 24.3 Å². The number of aryl methyl sites for hydroxylation is 1. The van der Waals surface area contributed by atoms with Crippen molar-refractivity contribution in [3.63, 3.8) is 0 Å². The van der Waals surface area contributed by atoms with Crippen molar-refractivity contribution in [2.24, 2.45) is 0 Å². The first kappa shape index (κ1) is 23.0. The minimum atomic E-state index is -0.523. The van der Waals surface area contributed by atoms with Crippen molar-refractivity contribution >= 4 is 40.2 Å².